The molecule has 0 spiro atoms. The van der Waals surface area contributed by atoms with Gasteiger partial charge in [-0.1, -0.05) is 6.07 Å². The lowest BCUT2D eigenvalue weighted by molar-refractivity contribution is 0.0866. The topological polar surface area (TPSA) is 59.3 Å². The first-order valence-corrected chi connectivity index (χ1v) is 8.50. The molecule has 4 rings (SSSR count). The van der Waals surface area contributed by atoms with Gasteiger partial charge >= 0.3 is 5.38 Å². The summed E-state index contributed by atoms with van der Waals surface area (Å²) in [6.45, 7) is 0. The zero-order valence-corrected chi connectivity index (χ0v) is 13.7. The van der Waals surface area contributed by atoms with Gasteiger partial charge < -0.3 is 5.32 Å². The van der Waals surface area contributed by atoms with Crippen LogP contribution in [-0.2, 0) is 5.38 Å². The van der Waals surface area contributed by atoms with Crippen LogP contribution in [0.3, 0.4) is 0 Å². The third-order valence-electron chi connectivity index (χ3n) is 3.64. The van der Waals surface area contributed by atoms with E-state index in [-0.39, 0.29) is 17.4 Å². The minimum absolute atomic E-state index is 0.0416. The number of rotatable bonds is 4. The fourth-order valence-corrected chi connectivity index (χ4v) is 3.15. The first-order chi connectivity index (χ1) is 11.4. The summed E-state index contributed by atoms with van der Waals surface area (Å²) in [5.41, 5.74) is 0.0296. The maximum absolute atomic E-state index is 13.8. The van der Waals surface area contributed by atoms with Gasteiger partial charge in [-0.2, -0.15) is 13.9 Å². The highest BCUT2D eigenvalue weighted by Gasteiger charge is 2.33. The highest BCUT2D eigenvalue weighted by atomic mass is 35.5. The van der Waals surface area contributed by atoms with Crippen LogP contribution in [-0.4, -0.2) is 26.5 Å². The Bertz CT molecular complexity index is 916. The molecule has 124 valence electrons. The van der Waals surface area contributed by atoms with E-state index in [0.717, 1.165) is 22.2 Å². The van der Waals surface area contributed by atoms with E-state index in [1.807, 2.05) is 5.38 Å². The van der Waals surface area contributed by atoms with Crippen LogP contribution in [0, 0.1) is 0 Å². The van der Waals surface area contributed by atoms with Crippen LogP contribution in [0.25, 0.3) is 16.2 Å². The van der Waals surface area contributed by atoms with Gasteiger partial charge in [0.1, 0.15) is 5.69 Å². The van der Waals surface area contributed by atoms with E-state index in [2.05, 4.69) is 15.4 Å². The zero-order chi connectivity index (χ0) is 16.9. The third kappa shape index (κ3) is 2.87. The van der Waals surface area contributed by atoms with Crippen molar-refractivity contribution in [3.8, 4) is 10.6 Å². The van der Waals surface area contributed by atoms with Gasteiger partial charge in [0.2, 0.25) is 0 Å². The van der Waals surface area contributed by atoms with Crippen LogP contribution in [0.1, 0.15) is 29.0 Å². The molecule has 9 heteroatoms. The van der Waals surface area contributed by atoms with Gasteiger partial charge in [-0.05, 0) is 42.0 Å². The molecule has 3 aromatic rings. The number of hydrogen-bond donors (Lipinski definition) is 1. The zero-order valence-electron chi connectivity index (χ0n) is 12.2. The van der Waals surface area contributed by atoms with Crippen molar-refractivity contribution >= 4 is 34.5 Å². The molecule has 1 aliphatic carbocycles. The van der Waals surface area contributed by atoms with Crippen molar-refractivity contribution in [3.63, 3.8) is 0 Å². The molecular weight excluding hydrogens is 358 g/mol. The minimum Gasteiger partial charge on any atom is -0.348 e. The number of carbonyl (C=O) groups is 1. The summed E-state index contributed by atoms with van der Waals surface area (Å²) in [7, 11) is 0. The number of fused-ring (bicyclic) bond motifs is 1. The van der Waals surface area contributed by atoms with Gasteiger partial charge in [-0.15, -0.1) is 11.3 Å². The molecule has 0 atom stereocenters. The van der Waals surface area contributed by atoms with Crippen molar-refractivity contribution in [1.29, 1.82) is 0 Å². The molecule has 3 heterocycles. The molecule has 0 aromatic carbocycles. The van der Waals surface area contributed by atoms with E-state index < -0.39 is 17.0 Å². The number of hydrogen-bond acceptors (Lipinski definition) is 4. The predicted molar refractivity (Wildman–Crippen MR) is 86.5 cm³/mol. The van der Waals surface area contributed by atoms with E-state index >= 15 is 0 Å². The van der Waals surface area contributed by atoms with E-state index in [1.165, 1.54) is 23.5 Å². The lowest BCUT2D eigenvalue weighted by Gasteiger charge is -2.11. The minimum atomic E-state index is -3.64. The summed E-state index contributed by atoms with van der Waals surface area (Å²) < 4.78 is 28.6. The Kier molecular flexibility index (Phi) is 3.54. The summed E-state index contributed by atoms with van der Waals surface area (Å²) in [5, 5.41) is 4.92. The van der Waals surface area contributed by atoms with Crippen molar-refractivity contribution in [2.24, 2.45) is 0 Å². The lowest BCUT2D eigenvalue weighted by atomic mass is 10.2. The Morgan fingerprint density at radius 2 is 2.21 bits per heavy atom. The van der Waals surface area contributed by atoms with Crippen molar-refractivity contribution < 1.29 is 13.6 Å². The number of thiophene rings is 1. The van der Waals surface area contributed by atoms with Gasteiger partial charge in [-0.3, -0.25) is 4.79 Å². The second kappa shape index (κ2) is 5.49. The largest absolute Gasteiger partial charge is 0.364 e. The second-order valence-electron chi connectivity index (χ2n) is 5.55. The van der Waals surface area contributed by atoms with Crippen LogP contribution in [0.2, 0.25) is 0 Å². The highest BCUT2D eigenvalue weighted by molar-refractivity contribution is 7.13. The average molecular weight is 369 g/mol. The Labute approximate surface area is 144 Å². The summed E-state index contributed by atoms with van der Waals surface area (Å²) in [6, 6.07) is 6.31. The van der Waals surface area contributed by atoms with Gasteiger partial charge in [0.05, 0.1) is 10.6 Å². The normalized spacial score (nSPS) is 15.0. The van der Waals surface area contributed by atoms with E-state index in [4.69, 9.17) is 11.6 Å². The molecule has 1 N–H and O–H groups in total. The number of carbonyl (C=O) groups excluding carboxylic acids is 1. The number of nitrogens with one attached hydrogen (secondary N) is 1. The number of aromatic nitrogens is 3. The Balaban J connectivity index is 1.85. The maximum Gasteiger partial charge on any atom is 0.364 e. The molecule has 3 aromatic heterocycles. The molecule has 1 aliphatic rings. The van der Waals surface area contributed by atoms with Crippen LogP contribution < -0.4 is 5.32 Å². The molecule has 24 heavy (non-hydrogen) atoms. The highest BCUT2D eigenvalue weighted by Crippen LogP contribution is 2.35. The van der Waals surface area contributed by atoms with Crippen LogP contribution in [0.5, 0.6) is 0 Å². The predicted octanol–water partition coefficient (Wildman–Crippen LogP) is 3.64. The molecule has 0 aliphatic heterocycles. The first kappa shape index (κ1) is 15.5. The van der Waals surface area contributed by atoms with Gasteiger partial charge in [-0.25, -0.2) is 9.50 Å². The molecule has 0 radical (unpaired) electrons. The van der Waals surface area contributed by atoms with Crippen LogP contribution in [0.15, 0.2) is 29.6 Å². The molecular formula is C15H11ClF2N4OS. The summed E-state index contributed by atoms with van der Waals surface area (Å²) in [5.74, 6) is -0.399. The molecule has 1 amide bonds. The number of alkyl halides is 3. The third-order valence-corrected chi connectivity index (χ3v) is 4.72. The Morgan fingerprint density at radius 3 is 2.83 bits per heavy atom. The smallest absolute Gasteiger partial charge is 0.348 e. The molecule has 5 nitrogen and oxygen atoms in total. The Hall–Kier alpha value is -2.06. The standard InChI is InChI=1S/C15H11ClF2N4OS/c16-15(17,18)12-6-9(11-2-1-5-24-11)20-13-7-10(21-22(12)13)14(23)19-8-3-4-8/h1-2,5-8H,3-4H2,(H,19,23). The molecule has 0 saturated heterocycles. The van der Waals surface area contributed by atoms with Crippen molar-refractivity contribution in [1.82, 2.24) is 19.9 Å². The van der Waals surface area contributed by atoms with Gasteiger partial charge in [0.25, 0.3) is 5.91 Å². The fourth-order valence-electron chi connectivity index (χ4n) is 2.32. The van der Waals surface area contributed by atoms with Crippen LogP contribution in [0.4, 0.5) is 8.78 Å². The summed E-state index contributed by atoms with van der Waals surface area (Å²) in [4.78, 5) is 17.2. The quantitative estimate of drug-likeness (QED) is 0.715. The average Bonchev–Trinajstić information content (AvgIpc) is 3.04. The van der Waals surface area contributed by atoms with Gasteiger partial charge in [0.15, 0.2) is 11.3 Å². The number of halogens is 3. The maximum atomic E-state index is 13.8. The van der Waals surface area contributed by atoms with E-state index in [0.29, 0.717) is 5.69 Å². The molecule has 1 saturated carbocycles. The Morgan fingerprint density at radius 1 is 1.42 bits per heavy atom. The molecule has 0 bridgehead atoms. The second-order valence-corrected chi connectivity index (χ2v) is 6.97. The SMILES string of the molecule is O=C(NC1CC1)c1cc2nc(-c3cccs3)cc(C(F)(F)Cl)n2n1. The summed E-state index contributed by atoms with van der Waals surface area (Å²) >= 11 is 6.61. The summed E-state index contributed by atoms with van der Waals surface area (Å²) in [6.07, 6.45) is 1.84. The van der Waals surface area contributed by atoms with Crippen molar-refractivity contribution in [3.05, 3.63) is 41.0 Å². The molecule has 1 fully saturated rings. The van der Waals surface area contributed by atoms with E-state index in [9.17, 15) is 13.6 Å². The number of amides is 1. The van der Waals surface area contributed by atoms with Crippen molar-refractivity contribution in [2.75, 3.05) is 0 Å². The first-order valence-electron chi connectivity index (χ1n) is 7.24. The van der Waals surface area contributed by atoms with Crippen molar-refractivity contribution in [2.45, 2.75) is 24.3 Å². The lowest BCUT2D eigenvalue weighted by Crippen LogP contribution is -2.25. The number of nitrogens with zero attached hydrogens (tertiary/aromatic N) is 3. The van der Waals surface area contributed by atoms with E-state index in [1.54, 1.807) is 12.1 Å². The van der Waals surface area contributed by atoms with Gasteiger partial charge in [0, 0.05) is 12.1 Å². The monoisotopic (exact) mass is 368 g/mol. The van der Waals surface area contributed by atoms with Crippen LogP contribution >= 0.6 is 22.9 Å². The molecule has 0 unspecified atom stereocenters. The fraction of sp³-hybridized carbons (Fsp3) is 0.267.